The molecule has 0 aromatic carbocycles. The fraction of sp³-hybridized carbons (Fsp3) is 0.476. The highest BCUT2D eigenvalue weighted by Gasteiger charge is 2.51. The Bertz CT molecular complexity index is 887. The molecule has 1 aliphatic carbocycles. The zero-order valence-corrected chi connectivity index (χ0v) is 18.0. The molecular weight excluding hydrogens is 437 g/mol. The van der Waals surface area contributed by atoms with Gasteiger partial charge in [0.25, 0.3) is 5.85 Å². The van der Waals surface area contributed by atoms with Crippen molar-refractivity contribution in [3.63, 3.8) is 0 Å². The van der Waals surface area contributed by atoms with Crippen LogP contribution in [0.1, 0.15) is 30.3 Å². The number of rotatable bonds is 6. The largest absolute Gasteiger partial charge is 0.465 e. The maximum Gasteiger partial charge on any atom is 0.323 e. The minimum atomic E-state index is -3.20. The van der Waals surface area contributed by atoms with Crippen molar-refractivity contribution in [1.29, 1.82) is 0 Å². The van der Waals surface area contributed by atoms with Crippen LogP contribution in [0, 0.1) is 11.8 Å². The fourth-order valence-electron chi connectivity index (χ4n) is 3.55. The summed E-state index contributed by atoms with van der Waals surface area (Å²) in [5.74, 6) is -9.99. The molecule has 0 bridgehead atoms. The second kappa shape index (κ2) is 10.3. The van der Waals surface area contributed by atoms with Gasteiger partial charge in [0, 0.05) is 24.1 Å². The van der Waals surface area contributed by atoms with E-state index >= 15 is 4.39 Å². The van der Waals surface area contributed by atoms with Crippen molar-refractivity contribution in [3.8, 4) is 5.88 Å². The summed E-state index contributed by atoms with van der Waals surface area (Å²) in [5.41, 5.74) is 0.0645. The number of alkyl halides is 1. The van der Waals surface area contributed by atoms with E-state index in [9.17, 15) is 18.4 Å². The normalized spacial score (nSPS) is 24.5. The summed E-state index contributed by atoms with van der Waals surface area (Å²) in [4.78, 5) is 31.0. The first-order valence-electron chi connectivity index (χ1n) is 9.73. The molecule has 31 heavy (non-hydrogen) atoms. The average Bonchev–Trinajstić information content (AvgIpc) is 2.67. The molecule has 2 atom stereocenters. The Balaban J connectivity index is 0.00000341. The number of nitrogens with zero attached hydrogens (tertiary/aromatic N) is 2. The van der Waals surface area contributed by atoms with E-state index in [2.05, 4.69) is 9.88 Å². The first-order valence-corrected chi connectivity index (χ1v) is 9.73. The first-order chi connectivity index (χ1) is 14.2. The highest BCUT2D eigenvalue weighted by Crippen LogP contribution is 2.39. The van der Waals surface area contributed by atoms with Crippen molar-refractivity contribution in [2.45, 2.75) is 25.6 Å². The molecule has 6 nitrogen and oxygen atoms in total. The summed E-state index contributed by atoms with van der Waals surface area (Å²) >= 11 is 0. The van der Waals surface area contributed by atoms with Crippen LogP contribution < -0.4 is 4.74 Å². The number of piperidine rings is 1. The lowest BCUT2D eigenvalue weighted by Crippen LogP contribution is -2.45. The number of carbonyl (C=O) groups is 2. The molecule has 0 radical (unpaired) electrons. The molecule has 0 amide bonds. The molecule has 0 saturated carbocycles. The van der Waals surface area contributed by atoms with Crippen molar-refractivity contribution >= 4 is 24.2 Å². The minimum Gasteiger partial charge on any atom is -0.465 e. The highest BCUT2D eigenvalue weighted by molar-refractivity contribution is 5.96. The Morgan fingerprint density at radius 1 is 1.26 bits per heavy atom. The molecule has 2 heterocycles. The number of aromatic nitrogens is 1. The molecule has 1 aliphatic heterocycles. The van der Waals surface area contributed by atoms with E-state index in [1.54, 1.807) is 0 Å². The summed E-state index contributed by atoms with van der Waals surface area (Å²) in [6, 6.07) is 4.15. The number of esters is 1. The fourth-order valence-corrected chi connectivity index (χ4v) is 3.55. The monoisotopic (exact) mass is 460 g/mol. The molecule has 2 aliphatic rings. The number of ketones is 1. The van der Waals surface area contributed by atoms with Gasteiger partial charge in [-0.2, -0.15) is 4.39 Å². The zero-order chi connectivity index (χ0) is 21.9. The number of hydrogen-bond acceptors (Lipinski definition) is 6. The van der Waals surface area contributed by atoms with Crippen molar-refractivity contribution in [1.82, 2.24) is 9.88 Å². The Morgan fingerprint density at radius 2 is 1.94 bits per heavy atom. The van der Waals surface area contributed by atoms with E-state index in [4.69, 9.17) is 9.47 Å². The van der Waals surface area contributed by atoms with Gasteiger partial charge in [0.2, 0.25) is 5.88 Å². The molecule has 1 aromatic rings. The second-order valence-electron chi connectivity index (χ2n) is 7.35. The minimum absolute atomic E-state index is 0. The van der Waals surface area contributed by atoms with Gasteiger partial charge in [-0.05, 0) is 46.0 Å². The lowest BCUT2D eigenvalue weighted by molar-refractivity contribution is -0.162. The molecule has 0 spiro atoms. The number of carbonyl (C=O) groups excluding carboxylic acids is 2. The summed E-state index contributed by atoms with van der Waals surface area (Å²) in [5, 5.41) is 0. The van der Waals surface area contributed by atoms with E-state index in [1.165, 1.54) is 25.1 Å². The summed E-state index contributed by atoms with van der Waals surface area (Å²) < 4.78 is 53.3. The lowest BCUT2D eigenvalue weighted by atomic mass is 9.91. The Morgan fingerprint density at radius 3 is 2.58 bits per heavy atom. The van der Waals surface area contributed by atoms with Crippen LogP contribution in [-0.2, 0) is 9.53 Å². The number of allylic oxidation sites excluding steroid dienone is 2. The summed E-state index contributed by atoms with van der Waals surface area (Å²) in [7, 11) is 1.97. The topological polar surface area (TPSA) is 68.7 Å². The number of hydrogen-bond donors (Lipinski definition) is 0. The zero-order valence-electron chi connectivity index (χ0n) is 17.1. The van der Waals surface area contributed by atoms with E-state index in [-0.39, 0.29) is 42.3 Å². The Kier molecular flexibility index (Phi) is 8.25. The van der Waals surface area contributed by atoms with Crippen LogP contribution in [0.3, 0.4) is 0 Å². The number of Topliss-reactive ketones (excluding diaryl/α,β-unsaturated/α-hetero) is 1. The van der Waals surface area contributed by atoms with E-state index < -0.39 is 29.4 Å². The second-order valence-corrected chi connectivity index (χ2v) is 7.35. The van der Waals surface area contributed by atoms with Crippen LogP contribution in [-0.4, -0.2) is 54.2 Å². The van der Waals surface area contributed by atoms with Crippen molar-refractivity contribution in [2.24, 2.45) is 11.8 Å². The Labute approximate surface area is 184 Å². The van der Waals surface area contributed by atoms with Gasteiger partial charge in [0.15, 0.2) is 11.7 Å². The molecule has 10 heteroatoms. The molecule has 1 saturated heterocycles. The molecule has 1 aromatic heterocycles. The van der Waals surface area contributed by atoms with Crippen molar-refractivity contribution in [2.75, 3.05) is 26.7 Å². The quantitative estimate of drug-likeness (QED) is 0.472. The van der Waals surface area contributed by atoms with E-state index in [0.29, 0.717) is 25.0 Å². The highest BCUT2D eigenvalue weighted by atomic mass is 35.5. The number of ether oxygens (including phenoxy) is 2. The molecule has 2 unspecified atom stereocenters. The maximum absolute atomic E-state index is 15.5. The number of likely N-dealkylation sites (tertiary alicyclic amines) is 1. The molecule has 1 fully saturated rings. The van der Waals surface area contributed by atoms with Gasteiger partial charge >= 0.3 is 5.97 Å². The molecule has 170 valence electrons. The van der Waals surface area contributed by atoms with Gasteiger partial charge in [-0.15, -0.1) is 12.4 Å². The van der Waals surface area contributed by atoms with Gasteiger partial charge in [0.1, 0.15) is 17.3 Å². The molecule has 3 rings (SSSR count). The third-order valence-electron chi connectivity index (χ3n) is 5.13. The van der Waals surface area contributed by atoms with Crippen LogP contribution in [0.2, 0.25) is 0 Å². The van der Waals surface area contributed by atoms with Gasteiger partial charge in [-0.1, -0.05) is 6.07 Å². The predicted molar refractivity (Wildman–Crippen MR) is 109 cm³/mol. The van der Waals surface area contributed by atoms with Gasteiger partial charge in [-0.3, -0.25) is 9.59 Å². The van der Waals surface area contributed by atoms with E-state index in [0.717, 1.165) is 13.1 Å². The summed E-state index contributed by atoms with van der Waals surface area (Å²) in [6.45, 7) is 2.90. The SMILES string of the molecule is CCOC(=O)C1C(F)=CC(F)=CC1(F)Oc1cccc(C(=O)C2CCN(C)CC2)n1.Cl. The lowest BCUT2D eigenvalue weighted by Gasteiger charge is -2.31. The van der Waals surface area contributed by atoms with Gasteiger partial charge in [-0.25, -0.2) is 13.8 Å². The summed E-state index contributed by atoms with van der Waals surface area (Å²) in [6.07, 6.45) is 2.09. The number of halogens is 4. The standard InChI is InChI=1S/C21H23F3N2O4.ClH/c1-3-29-20(28)18-15(23)11-14(22)12-21(18,24)30-17-6-4-5-16(25-17)19(27)13-7-9-26(2)10-8-13;/h4-6,11-13,18H,3,7-10H2,1-2H3;1H. The number of pyridine rings is 1. The molecular formula is C21H24ClF3N2O4. The third-order valence-corrected chi connectivity index (χ3v) is 5.13. The van der Waals surface area contributed by atoms with Crippen LogP contribution in [0.5, 0.6) is 5.88 Å². The van der Waals surface area contributed by atoms with Crippen LogP contribution >= 0.6 is 12.4 Å². The van der Waals surface area contributed by atoms with Crippen LogP contribution in [0.15, 0.2) is 42.0 Å². The molecule has 0 N–H and O–H groups in total. The average molecular weight is 461 g/mol. The smallest absolute Gasteiger partial charge is 0.323 e. The third kappa shape index (κ3) is 5.65. The Hall–Kier alpha value is -2.39. The van der Waals surface area contributed by atoms with Crippen molar-refractivity contribution in [3.05, 3.63) is 47.7 Å². The van der Waals surface area contributed by atoms with Gasteiger partial charge in [0.05, 0.1) is 6.61 Å². The maximum atomic E-state index is 15.5. The van der Waals surface area contributed by atoms with E-state index in [1.807, 2.05) is 7.05 Å². The predicted octanol–water partition coefficient (Wildman–Crippen LogP) is 3.97. The van der Waals surface area contributed by atoms with Crippen LogP contribution in [0.25, 0.3) is 0 Å². The van der Waals surface area contributed by atoms with Gasteiger partial charge < -0.3 is 14.4 Å². The first kappa shape index (κ1) is 24.9. The van der Waals surface area contributed by atoms with Crippen LogP contribution in [0.4, 0.5) is 13.2 Å². The van der Waals surface area contributed by atoms with Crippen molar-refractivity contribution < 1.29 is 32.2 Å².